The molecule has 62 valence electrons. The zero-order chi connectivity index (χ0) is 8.48. The molecule has 0 bridgehead atoms. The molecule has 1 aliphatic heterocycles. The van der Waals surface area contributed by atoms with Crippen LogP contribution < -0.4 is 5.73 Å². The number of hydrogen-bond donors (Lipinski definition) is 2. The summed E-state index contributed by atoms with van der Waals surface area (Å²) in [4.78, 5) is 21.2. The number of hydrogen-bond acceptors (Lipinski definition) is 3. The first-order valence-electron chi connectivity index (χ1n) is 3.27. The second-order valence-corrected chi connectivity index (χ2v) is 2.45. The second-order valence-electron chi connectivity index (χ2n) is 2.45. The van der Waals surface area contributed by atoms with Crippen LogP contribution >= 0.6 is 0 Å². The third-order valence-corrected chi connectivity index (χ3v) is 1.77. The van der Waals surface area contributed by atoms with Gasteiger partial charge in [0.1, 0.15) is 0 Å². The number of carbonyl (C=O) groups excluding carboxylic acids is 1. The Morgan fingerprint density at radius 3 is 2.36 bits per heavy atom. The van der Waals surface area contributed by atoms with Crippen molar-refractivity contribution in [2.45, 2.75) is 18.4 Å². The summed E-state index contributed by atoms with van der Waals surface area (Å²) in [6.07, 6.45) is 0.743. The highest BCUT2D eigenvalue weighted by Crippen LogP contribution is 2.25. The number of carboxylic acids is 1. The highest BCUT2D eigenvalue weighted by Gasteiger charge is 2.48. The Labute approximate surface area is 63.1 Å². The van der Waals surface area contributed by atoms with Gasteiger partial charge in [0.25, 0.3) is 5.91 Å². The lowest BCUT2D eigenvalue weighted by Gasteiger charge is -2.17. The third kappa shape index (κ3) is 1.07. The Hall–Kier alpha value is -1.10. The fourth-order valence-electron chi connectivity index (χ4n) is 1.11. The van der Waals surface area contributed by atoms with Crippen molar-refractivity contribution in [3.05, 3.63) is 0 Å². The molecule has 0 aromatic rings. The largest absolute Gasteiger partial charge is 0.479 e. The van der Waals surface area contributed by atoms with E-state index in [-0.39, 0.29) is 13.0 Å². The summed E-state index contributed by atoms with van der Waals surface area (Å²) < 4.78 is 4.79. The van der Waals surface area contributed by atoms with Crippen molar-refractivity contribution < 1.29 is 19.4 Å². The molecule has 1 fully saturated rings. The fourth-order valence-corrected chi connectivity index (χ4v) is 1.11. The van der Waals surface area contributed by atoms with Gasteiger partial charge in [0, 0.05) is 6.61 Å². The van der Waals surface area contributed by atoms with Crippen molar-refractivity contribution in [2.24, 2.45) is 5.73 Å². The zero-order valence-electron chi connectivity index (χ0n) is 5.87. The lowest BCUT2D eigenvalue weighted by atomic mass is 10.0. The molecule has 0 aliphatic carbocycles. The van der Waals surface area contributed by atoms with Crippen LogP contribution in [0.5, 0.6) is 0 Å². The maximum atomic E-state index is 10.7. The highest BCUT2D eigenvalue weighted by molar-refractivity contribution is 6.04. The van der Waals surface area contributed by atoms with Crippen LogP contribution in [0.15, 0.2) is 0 Å². The van der Waals surface area contributed by atoms with E-state index in [1.54, 1.807) is 0 Å². The zero-order valence-corrected chi connectivity index (χ0v) is 5.87. The number of amides is 1. The molecular weight excluding hydrogens is 150 g/mol. The topological polar surface area (TPSA) is 89.6 Å². The van der Waals surface area contributed by atoms with Crippen LogP contribution in [0.4, 0.5) is 0 Å². The summed E-state index contributed by atoms with van der Waals surface area (Å²) in [6, 6.07) is 0. The maximum Gasteiger partial charge on any atom is 0.345 e. The quantitative estimate of drug-likeness (QED) is 0.511. The normalized spacial score (nSPS) is 30.2. The molecule has 0 saturated carbocycles. The predicted molar refractivity (Wildman–Crippen MR) is 34.7 cm³/mol. The molecule has 1 heterocycles. The predicted octanol–water partition coefficient (Wildman–Crippen LogP) is -0.895. The van der Waals surface area contributed by atoms with Crippen LogP contribution in [-0.2, 0) is 14.3 Å². The number of primary amides is 1. The van der Waals surface area contributed by atoms with Gasteiger partial charge in [-0.1, -0.05) is 0 Å². The smallest absolute Gasteiger partial charge is 0.345 e. The average molecular weight is 159 g/mol. The van der Waals surface area contributed by atoms with Gasteiger partial charge in [0.05, 0.1) is 0 Å². The Kier molecular flexibility index (Phi) is 1.82. The summed E-state index contributed by atoms with van der Waals surface area (Å²) >= 11 is 0. The lowest BCUT2D eigenvalue weighted by Crippen LogP contribution is -2.50. The highest BCUT2D eigenvalue weighted by atomic mass is 16.5. The van der Waals surface area contributed by atoms with Gasteiger partial charge in [-0.05, 0) is 12.8 Å². The lowest BCUT2D eigenvalue weighted by molar-refractivity contribution is -0.166. The minimum absolute atomic E-state index is 0.178. The van der Waals surface area contributed by atoms with Gasteiger partial charge in [-0.3, -0.25) is 4.79 Å². The van der Waals surface area contributed by atoms with E-state index in [1.165, 1.54) is 0 Å². The van der Waals surface area contributed by atoms with Crippen molar-refractivity contribution in [3.63, 3.8) is 0 Å². The number of carbonyl (C=O) groups is 2. The van der Waals surface area contributed by atoms with Gasteiger partial charge in [0.15, 0.2) is 0 Å². The van der Waals surface area contributed by atoms with Gasteiger partial charge in [0.2, 0.25) is 5.60 Å². The molecule has 0 aromatic carbocycles. The Balaban J connectivity index is 2.87. The minimum atomic E-state index is -1.75. The van der Waals surface area contributed by atoms with E-state index in [4.69, 9.17) is 15.6 Å². The molecule has 5 heteroatoms. The fraction of sp³-hybridized carbons (Fsp3) is 0.667. The standard InChI is InChI=1S/C6H9NO4/c7-4(8)6(5(9)10)2-1-3-11-6/h1-3H2,(H2,7,8)(H,9,10). The molecule has 3 N–H and O–H groups in total. The molecule has 0 spiro atoms. The van der Waals surface area contributed by atoms with Crippen LogP contribution in [0, 0.1) is 0 Å². The minimum Gasteiger partial charge on any atom is -0.479 e. The van der Waals surface area contributed by atoms with Crippen molar-refractivity contribution in [2.75, 3.05) is 6.61 Å². The Bertz CT molecular complexity index is 179. The SMILES string of the molecule is NC(=O)C1(C(=O)O)CCCO1. The molecular formula is C6H9NO4. The second kappa shape index (κ2) is 2.50. The van der Waals surface area contributed by atoms with Gasteiger partial charge >= 0.3 is 5.97 Å². The molecule has 1 saturated heterocycles. The van der Waals surface area contributed by atoms with E-state index in [9.17, 15) is 9.59 Å². The van der Waals surface area contributed by atoms with Crippen molar-refractivity contribution >= 4 is 11.9 Å². The van der Waals surface area contributed by atoms with Crippen LogP contribution in [0.3, 0.4) is 0 Å². The summed E-state index contributed by atoms with van der Waals surface area (Å²) in [7, 11) is 0. The van der Waals surface area contributed by atoms with Gasteiger partial charge < -0.3 is 15.6 Å². The van der Waals surface area contributed by atoms with Crippen LogP contribution in [0.2, 0.25) is 0 Å². The van der Waals surface area contributed by atoms with E-state index in [0.29, 0.717) is 6.42 Å². The first-order valence-corrected chi connectivity index (χ1v) is 3.27. The van der Waals surface area contributed by atoms with Crippen molar-refractivity contribution in [1.29, 1.82) is 0 Å². The molecule has 1 aliphatic rings. The number of aliphatic carboxylic acids is 1. The Morgan fingerprint density at radius 2 is 2.18 bits per heavy atom. The molecule has 11 heavy (non-hydrogen) atoms. The van der Waals surface area contributed by atoms with E-state index < -0.39 is 17.5 Å². The van der Waals surface area contributed by atoms with E-state index in [1.807, 2.05) is 0 Å². The molecule has 1 unspecified atom stereocenters. The first-order chi connectivity index (χ1) is 5.09. The van der Waals surface area contributed by atoms with Gasteiger partial charge in [-0.2, -0.15) is 0 Å². The number of carboxylic acid groups (broad SMARTS) is 1. The van der Waals surface area contributed by atoms with E-state index in [2.05, 4.69) is 0 Å². The molecule has 1 amide bonds. The third-order valence-electron chi connectivity index (χ3n) is 1.77. The summed E-state index contributed by atoms with van der Waals surface area (Å²) in [5.41, 5.74) is 3.14. The summed E-state index contributed by atoms with van der Waals surface area (Å²) in [6.45, 7) is 0.287. The summed E-state index contributed by atoms with van der Waals surface area (Å²) in [5.74, 6) is -2.20. The molecule has 1 atom stereocenters. The molecule has 0 radical (unpaired) electrons. The number of nitrogens with two attached hydrogens (primary N) is 1. The average Bonchev–Trinajstić information content (AvgIpc) is 2.34. The van der Waals surface area contributed by atoms with Crippen LogP contribution in [0.25, 0.3) is 0 Å². The molecule has 0 aromatic heterocycles. The van der Waals surface area contributed by atoms with E-state index >= 15 is 0 Å². The molecule has 1 rings (SSSR count). The maximum absolute atomic E-state index is 10.7. The monoisotopic (exact) mass is 159 g/mol. The summed E-state index contributed by atoms with van der Waals surface area (Å²) in [5, 5.41) is 8.61. The molecule has 5 nitrogen and oxygen atoms in total. The number of rotatable bonds is 2. The van der Waals surface area contributed by atoms with Gasteiger partial charge in [-0.25, -0.2) is 4.79 Å². The number of ether oxygens (including phenoxy) is 1. The van der Waals surface area contributed by atoms with Gasteiger partial charge in [-0.15, -0.1) is 0 Å². The van der Waals surface area contributed by atoms with Crippen molar-refractivity contribution in [3.8, 4) is 0 Å². The van der Waals surface area contributed by atoms with E-state index in [0.717, 1.165) is 0 Å². The Morgan fingerprint density at radius 1 is 1.55 bits per heavy atom. The first kappa shape index (κ1) is 8.00. The van der Waals surface area contributed by atoms with Crippen molar-refractivity contribution in [1.82, 2.24) is 0 Å². The van der Waals surface area contributed by atoms with Crippen LogP contribution in [-0.4, -0.2) is 29.2 Å². The van der Waals surface area contributed by atoms with Crippen LogP contribution in [0.1, 0.15) is 12.8 Å².